The molecule has 1 aromatic carbocycles. The number of nitrogens with zero attached hydrogens (tertiary/aromatic N) is 3. The van der Waals surface area contributed by atoms with Crippen LogP contribution in [0.15, 0.2) is 48.3 Å². The molecule has 4 rings (SSSR count). The maximum absolute atomic E-state index is 13.0. The van der Waals surface area contributed by atoms with Crippen LogP contribution in [0.25, 0.3) is 5.76 Å². The predicted octanol–water partition coefficient (Wildman–Crippen LogP) is 2.18. The molecule has 156 valence electrons. The molecule has 0 saturated carbocycles. The van der Waals surface area contributed by atoms with Gasteiger partial charge in [-0.15, -0.1) is 0 Å². The number of likely N-dealkylation sites (tertiary alicyclic amines) is 1. The monoisotopic (exact) mass is 409 g/mol. The fraction of sp³-hybridized carbons (Fsp3) is 0.318. The summed E-state index contributed by atoms with van der Waals surface area (Å²) in [6.45, 7) is 1.27. The Bertz CT molecular complexity index is 1000. The van der Waals surface area contributed by atoms with E-state index in [2.05, 4.69) is 4.98 Å². The van der Waals surface area contributed by atoms with E-state index in [1.807, 2.05) is 19.0 Å². The number of aromatic nitrogens is 1. The summed E-state index contributed by atoms with van der Waals surface area (Å²) in [6.07, 6.45) is 3.91. The van der Waals surface area contributed by atoms with Crippen LogP contribution in [-0.4, -0.2) is 65.6 Å². The van der Waals surface area contributed by atoms with Gasteiger partial charge in [-0.05, 0) is 63.0 Å². The Labute approximate surface area is 174 Å². The summed E-state index contributed by atoms with van der Waals surface area (Å²) in [6, 6.07) is 7.75. The van der Waals surface area contributed by atoms with Crippen molar-refractivity contribution in [3.05, 3.63) is 59.4 Å². The van der Waals surface area contributed by atoms with E-state index in [-0.39, 0.29) is 18.1 Å². The molecule has 30 heavy (non-hydrogen) atoms. The van der Waals surface area contributed by atoms with E-state index in [9.17, 15) is 14.7 Å². The van der Waals surface area contributed by atoms with Gasteiger partial charge >= 0.3 is 0 Å². The van der Waals surface area contributed by atoms with Gasteiger partial charge in [0.2, 0.25) is 6.79 Å². The van der Waals surface area contributed by atoms with Crippen molar-refractivity contribution in [2.45, 2.75) is 12.5 Å². The lowest BCUT2D eigenvalue weighted by Crippen LogP contribution is -2.32. The highest BCUT2D eigenvalue weighted by Gasteiger charge is 2.45. The van der Waals surface area contributed by atoms with E-state index in [4.69, 9.17) is 9.47 Å². The van der Waals surface area contributed by atoms with Crippen LogP contribution < -0.4 is 9.47 Å². The zero-order chi connectivity index (χ0) is 21.3. The van der Waals surface area contributed by atoms with Crippen LogP contribution in [0.4, 0.5) is 0 Å². The molecule has 0 aliphatic carbocycles. The van der Waals surface area contributed by atoms with Crippen molar-refractivity contribution >= 4 is 17.4 Å². The minimum absolute atomic E-state index is 0.0647. The number of amides is 1. The van der Waals surface area contributed by atoms with Crippen LogP contribution in [0.5, 0.6) is 11.5 Å². The average Bonchev–Trinajstić information content (AvgIpc) is 3.31. The summed E-state index contributed by atoms with van der Waals surface area (Å²) >= 11 is 0. The van der Waals surface area contributed by atoms with Crippen LogP contribution >= 0.6 is 0 Å². The van der Waals surface area contributed by atoms with Gasteiger partial charge in [0.25, 0.3) is 11.7 Å². The molecular formula is C22H23N3O5. The second-order valence-corrected chi connectivity index (χ2v) is 7.50. The summed E-state index contributed by atoms with van der Waals surface area (Å²) < 4.78 is 10.7. The number of rotatable bonds is 6. The summed E-state index contributed by atoms with van der Waals surface area (Å²) in [5, 5.41) is 11.1. The van der Waals surface area contributed by atoms with Gasteiger partial charge in [0, 0.05) is 24.5 Å². The molecule has 1 saturated heterocycles. The minimum Gasteiger partial charge on any atom is -0.507 e. The Hall–Kier alpha value is -3.39. The third-order valence-corrected chi connectivity index (χ3v) is 5.21. The molecule has 2 aromatic rings. The molecule has 1 atom stereocenters. The Morgan fingerprint density at radius 2 is 1.90 bits per heavy atom. The van der Waals surface area contributed by atoms with Gasteiger partial charge in [0.15, 0.2) is 11.5 Å². The van der Waals surface area contributed by atoms with E-state index in [0.717, 1.165) is 12.1 Å². The molecule has 1 N–H and O–H groups in total. The first kappa shape index (κ1) is 19.9. The van der Waals surface area contributed by atoms with Gasteiger partial charge < -0.3 is 24.4 Å². The van der Waals surface area contributed by atoms with Crippen LogP contribution in [0, 0.1) is 0 Å². The predicted molar refractivity (Wildman–Crippen MR) is 109 cm³/mol. The molecule has 0 bridgehead atoms. The first-order chi connectivity index (χ1) is 14.5. The summed E-state index contributed by atoms with van der Waals surface area (Å²) in [7, 11) is 3.90. The minimum atomic E-state index is -0.697. The third-order valence-electron chi connectivity index (χ3n) is 5.21. The fourth-order valence-corrected chi connectivity index (χ4v) is 3.76. The molecule has 8 heteroatoms. The number of ether oxygens (including phenoxy) is 2. The largest absolute Gasteiger partial charge is 0.507 e. The molecule has 1 fully saturated rings. The van der Waals surface area contributed by atoms with Crippen molar-refractivity contribution in [1.82, 2.24) is 14.8 Å². The van der Waals surface area contributed by atoms with Gasteiger partial charge in [-0.2, -0.15) is 0 Å². The number of hydrogen-bond acceptors (Lipinski definition) is 7. The number of carbonyl (C=O) groups excluding carboxylic acids is 2. The highest BCUT2D eigenvalue weighted by atomic mass is 16.7. The second kappa shape index (κ2) is 8.16. The van der Waals surface area contributed by atoms with Crippen LogP contribution in [0.3, 0.4) is 0 Å². The Balaban J connectivity index is 1.77. The number of aliphatic hydroxyl groups excluding tert-OH is 1. The van der Waals surface area contributed by atoms with Crippen LogP contribution in [0.1, 0.15) is 23.6 Å². The average molecular weight is 409 g/mol. The van der Waals surface area contributed by atoms with E-state index < -0.39 is 17.7 Å². The Morgan fingerprint density at radius 1 is 1.17 bits per heavy atom. The van der Waals surface area contributed by atoms with Gasteiger partial charge in [0.05, 0.1) is 11.6 Å². The Kier molecular flexibility index (Phi) is 5.41. The zero-order valence-corrected chi connectivity index (χ0v) is 16.9. The number of Topliss-reactive ketones (excluding diaryl/α,β-unsaturated/α-hetero) is 1. The molecule has 1 aromatic heterocycles. The van der Waals surface area contributed by atoms with E-state index in [1.165, 1.54) is 4.90 Å². The van der Waals surface area contributed by atoms with Crippen molar-refractivity contribution in [2.24, 2.45) is 0 Å². The van der Waals surface area contributed by atoms with Crippen molar-refractivity contribution in [3.63, 3.8) is 0 Å². The van der Waals surface area contributed by atoms with E-state index >= 15 is 0 Å². The fourth-order valence-electron chi connectivity index (χ4n) is 3.76. The number of aliphatic hydroxyl groups is 1. The number of fused-ring (bicyclic) bond motifs is 1. The Morgan fingerprint density at radius 3 is 2.63 bits per heavy atom. The highest BCUT2D eigenvalue weighted by Crippen LogP contribution is 2.41. The van der Waals surface area contributed by atoms with Gasteiger partial charge in [-0.25, -0.2) is 0 Å². The SMILES string of the molecule is CN(C)CCCN1C(=O)C(=O)C(=C(O)c2ccc3c(c2)OCO3)[C@@H]1c1ccncc1. The summed E-state index contributed by atoms with van der Waals surface area (Å²) in [4.78, 5) is 33.4. The topological polar surface area (TPSA) is 92.2 Å². The molecule has 0 unspecified atom stereocenters. The van der Waals surface area contributed by atoms with Gasteiger partial charge in [0.1, 0.15) is 5.76 Å². The van der Waals surface area contributed by atoms with Gasteiger partial charge in [-0.1, -0.05) is 0 Å². The van der Waals surface area contributed by atoms with E-state index in [1.54, 1.807) is 42.7 Å². The van der Waals surface area contributed by atoms with Crippen molar-refractivity contribution in [1.29, 1.82) is 0 Å². The van der Waals surface area contributed by atoms with Crippen molar-refractivity contribution < 1.29 is 24.2 Å². The number of ketones is 1. The van der Waals surface area contributed by atoms with Gasteiger partial charge in [-0.3, -0.25) is 14.6 Å². The first-order valence-electron chi connectivity index (χ1n) is 9.70. The van der Waals surface area contributed by atoms with E-state index in [0.29, 0.717) is 30.0 Å². The smallest absolute Gasteiger partial charge is 0.295 e. The normalized spacial score (nSPS) is 19.7. The standard InChI is InChI=1S/C22H23N3O5/c1-24(2)10-3-11-25-19(14-6-8-23-9-7-14)18(21(27)22(25)28)20(26)15-4-5-16-17(12-15)30-13-29-16/h4-9,12,19,26H,3,10-11,13H2,1-2H3/t19-/m0/s1. The van der Waals surface area contributed by atoms with Crippen LogP contribution in [0.2, 0.25) is 0 Å². The molecule has 3 heterocycles. The molecule has 0 radical (unpaired) electrons. The first-order valence-corrected chi connectivity index (χ1v) is 9.70. The summed E-state index contributed by atoms with van der Waals surface area (Å²) in [5.41, 5.74) is 1.18. The summed E-state index contributed by atoms with van der Waals surface area (Å²) in [5.74, 6) is -0.487. The molecular weight excluding hydrogens is 386 g/mol. The van der Waals surface area contributed by atoms with Crippen molar-refractivity contribution in [3.8, 4) is 11.5 Å². The number of carbonyl (C=O) groups is 2. The quantitative estimate of drug-likeness (QED) is 0.444. The molecule has 2 aliphatic rings. The molecule has 1 amide bonds. The molecule has 0 spiro atoms. The third kappa shape index (κ3) is 3.61. The maximum Gasteiger partial charge on any atom is 0.295 e. The van der Waals surface area contributed by atoms with Crippen LogP contribution in [-0.2, 0) is 9.59 Å². The second-order valence-electron chi connectivity index (χ2n) is 7.50. The molecule has 8 nitrogen and oxygen atoms in total. The zero-order valence-electron chi connectivity index (χ0n) is 16.9. The molecule has 2 aliphatic heterocycles. The number of pyridine rings is 1. The van der Waals surface area contributed by atoms with Crippen molar-refractivity contribution in [2.75, 3.05) is 34.0 Å². The lowest BCUT2D eigenvalue weighted by Gasteiger charge is -2.25. The lowest BCUT2D eigenvalue weighted by atomic mass is 9.96. The lowest BCUT2D eigenvalue weighted by molar-refractivity contribution is -0.139. The highest BCUT2D eigenvalue weighted by molar-refractivity contribution is 6.46. The maximum atomic E-state index is 13.0. The number of benzene rings is 1. The number of hydrogen-bond donors (Lipinski definition) is 1.